The maximum atomic E-state index is 7.07. The highest BCUT2D eigenvalue weighted by Crippen LogP contribution is 2.49. The Morgan fingerprint density at radius 1 is 0.369 bits per heavy atom. The van der Waals surface area contributed by atoms with Crippen LogP contribution in [0.4, 0.5) is 17.1 Å². The van der Waals surface area contributed by atoms with E-state index in [2.05, 4.69) is 216 Å². The molecule has 0 amide bonds. The summed E-state index contributed by atoms with van der Waals surface area (Å²) in [6.45, 7) is 0. The van der Waals surface area contributed by atoms with E-state index < -0.39 is 0 Å². The molecule has 0 aliphatic rings. The lowest BCUT2D eigenvalue weighted by atomic mass is 9.97. The fourth-order valence-electron chi connectivity index (χ4n) is 10.3. The third-order valence-corrected chi connectivity index (χ3v) is 14.3. The maximum Gasteiger partial charge on any atom is 0.145 e. The first kappa shape index (κ1) is 36.1. The lowest BCUT2D eigenvalue weighted by molar-refractivity contribution is 0.669. The molecular formula is C60H36N2O2S. The second-order valence-corrected chi connectivity index (χ2v) is 17.9. The molecule has 14 rings (SSSR count). The van der Waals surface area contributed by atoms with Gasteiger partial charge >= 0.3 is 0 Å². The molecular weight excluding hydrogens is 813 g/mol. The van der Waals surface area contributed by atoms with E-state index >= 15 is 0 Å². The van der Waals surface area contributed by atoms with Crippen LogP contribution in [0.15, 0.2) is 227 Å². The standard InChI is InChI=1S/C60H36N2O2S/c1-7-22-50-41(16-1)42-17-2-8-23-51(42)62(50)52-24-9-3-18-43(52)47-31-32-53(59-48-21-5-11-26-55(48)64-60(47)59)61(40-29-30-45-44-19-4-10-25-54(44)63-56(45)36-40)39-15-13-14-37(34-39)38-28-33-58-49(35-38)46-20-6-12-27-57(46)65-58/h1-36H. The van der Waals surface area contributed by atoms with Crippen molar-refractivity contribution < 1.29 is 8.83 Å². The summed E-state index contributed by atoms with van der Waals surface area (Å²) in [5.74, 6) is 0. The molecule has 0 N–H and O–H groups in total. The Bertz CT molecular complexity index is 4170. The molecule has 0 saturated heterocycles. The highest BCUT2D eigenvalue weighted by atomic mass is 32.1. The van der Waals surface area contributed by atoms with Crippen molar-refractivity contribution in [2.75, 3.05) is 4.90 Å². The van der Waals surface area contributed by atoms with Crippen molar-refractivity contribution in [2.45, 2.75) is 0 Å². The third kappa shape index (κ3) is 5.49. The molecule has 10 aromatic carbocycles. The molecule has 0 unspecified atom stereocenters. The molecule has 0 aliphatic carbocycles. The molecule has 14 aromatic rings. The van der Waals surface area contributed by atoms with Gasteiger partial charge in [-0.2, -0.15) is 0 Å². The van der Waals surface area contributed by atoms with E-state index in [4.69, 9.17) is 8.83 Å². The van der Waals surface area contributed by atoms with Gasteiger partial charge in [0, 0.05) is 75.7 Å². The minimum absolute atomic E-state index is 0.831. The fraction of sp³-hybridized carbons (Fsp3) is 0. The number of para-hydroxylation sites is 5. The average molecular weight is 849 g/mol. The second kappa shape index (κ2) is 14.1. The van der Waals surface area contributed by atoms with Crippen molar-refractivity contribution in [3.05, 3.63) is 218 Å². The SMILES string of the molecule is c1cc(-c2ccc3sc4ccccc4c3c2)cc(N(c2ccc3c(c2)oc2ccccc23)c2ccc(-c3ccccc3-n3c4ccccc4c4ccccc43)c3oc4ccccc4c23)c1. The van der Waals surface area contributed by atoms with E-state index in [0.717, 1.165) is 94.4 Å². The second-order valence-electron chi connectivity index (χ2n) is 16.8. The Balaban J connectivity index is 1.02. The molecule has 5 heteroatoms. The average Bonchev–Trinajstić information content (AvgIpc) is 4.13. The number of fused-ring (bicyclic) bond motifs is 12. The van der Waals surface area contributed by atoms with Crippen LogP contribution in [0.1, 0.15) is 0 Å². The maximum absolute atomic E-state index is 7.07. The van der Waals surface area contributed by atoms with E-state index in [-0.39, 0.29) is 0 Å². The van der Waals surface area contributed by atoms with Gasteiger partial charge in [0.2, 0.25) is 0 Å². The smallest absolute Gasteiger partial charge is 0.145 e. The zero-order valence-electron chi connectivity index (χ0n) is 34.9. The van der Waals surface area contributed by atoms with Crippen molar-refractivity contribution in [1.82, 2.24) is 4.57 Å². The summed E-state index contributed by atoms with van der Waals surface area (Å²) < 4.78 is 18.6. The van der Waals surface area contributed by atoms with Gasteiger partial charge in [-0.1, -0.05) is 127 Å². The first-order chi connectivity index (χ1) is 32.2. The zero-order valence-corrected chi connectivity index (χ0v) is 35.7. The van der Waals surface area contributed by atoms with Crippen LogP contribution in [0.3, 0.4) is 0 Å². The van der Waals surface area contributed by atoms with E-state index in [1.807, 2.05) is 23.5 Å². The van der Waals surface area contributed by atoms with Crippen LogP contribution < -0.4 is 4.90 Å². The fourth-order valence-corrected chi connectivity index (χ4v) is 11.4. The van der Waals surface area contributed by atoms with Gasteiger partial charge in [-0.15, -0.1) is 11.3 Å². The molecule has 0 aliphatic heterocycles. The molecule has 0 atom stereocenters. The van der Waals surface area contributed by atoms with Crippen LogP contribution in [0.25, 0.3) is 114 Å². The molecule has 0 saturated carbocycles. The number of furan rings is 2. The monoisotopic (exact) mass is 848 g/mol. The Labute approximate surface area is 377 Å². The predicted molar refractivity (Wildman–Crippen MR) is 274 cm³/mol. The summed E-state index contributed by atoms with van der Waals surface area (Å²) in [5, 5.41) is 9.31. The van der Waals surface area contributed by atoms with Crippen LogP contribution in [-0.4, -0.2) is 4.57 Å². The summed E-state index contributed by atoms with van der Waals surface area (Å²) in [6.07, 6.45) is 0. The lowest BCUT2D eigenvalue weighted by Gasteiger charge is -2.27. The van der Waals surface area contributed by atoms with Crippen molar-refractivity contribution in [3.63, 3.8) is 0 Å². The number of hydrogen-bond acceptors (Lipinski definition) is 4. The summed E-state index contributed by atoms with van der Waals surface area (Å²) in [6, 6.07) is 78.4. The molecule has 4 aromatic heterocycles. The molecule has 4 heterocycles. The van der Waals surface area contributed by atoms with Crippen molar-refractivity contribution >= 4 is 114 Å². The van der Waals surface area contributed by atoms with Crippen molar-refractivity contribution in [1.29, 1.82) is 0 Å². The zero-order chi connectivity index (χ0) is 42.6. The number of benzene rings is 10. The molecule has 0 fully saturated rings. The molecule has 0 bridgehead atoms. The van der Waals surface area contributed by atoms with Crippen LogP contribution in [0.5, 0.6) is 0 Å². The minimum Gasteiger partial charge on any atom is -0.456 e. The number of aromatic nitrogens is 1. The van der Waals surface area contributed by atoms with E-state index in [9.17, 15) is 0 Å². The largest absolute Gasteiger partial charge is 0.456 e. The molecule has 0 spiro atoms. The van der Waals surface area contributed by atoms with Crippen LogP contribution in [0.2, 0.25) is 0 Å². The Kier molecular flexibility index (Phi) is 7.82. The summed E-state index contributed by atoms with van der Waals surface area (Å²) in [4.78, 5) is 2.38. The topological polar surface area (TPSA) is 34.5 Å². The van der Waals surface area contributed by atoms with Gasteiger partial charge in [0.05, 0.1) is 27.8 Å². The van der Waals surface area contributed by atoms with Crippen molar-refractivity contribution in [2.24, 2.45) is 0 Å². The first-order valence-corrected chi connectivity index (χ1v) is 22.8. The number of nitrogens with zero attached hydrogens (tertiary/aromatic N) is 2. The summed E-state index contributed by atoms with van der Waals surface area (Å²) in [7, 11) is 0. The van der Waals surface area contributed by atoms with Gasteiger partial charge in [0.1, 0.15) is 22.3 Å². The van der Waals surface area contributed by atoms with Crippen LogP contribution in [0, 0.1) is 0 Å². The van der Waals surface area contributed by atoms with Gasteiger partial charge < -0.3 is 18.3 Å². The number of hydrogen-bond donors (Lipinski definition) is 0. The molecule has 4 nitrogen and oxygen atoms in total. The van der Waals surface area contributed by atoms with Gasteiger partial charge in [-0.05, 0) is 96.1 Å². The Morgan fingerprint density at radius 3 is 1.83 bits per heavy atom. The lowest BCUT2D eigenvalue weighted by Crippen LogP contribution is -2.10. The van der Waals surface area contributed by atoms with Gasteiger partial charge in [-0.3, -0.25) is 0 Å². The van der Waals surface area contributed by atoms with E-state index in [0.29, 0.717) is 0 Å². The minimum atomic E-state index is 0.831. The van der Waals surface area contributed by atoms with Crippen molar-refractivity contribution in [3.8, 4) is 27.9 Å². The molecule has 65 heavy (non-hydrogen) atoms. The van der Waals surface area contributed by atoms with Crippen LogP contribution >= 0.6 is 11.3 Å². The molecule has 304 valence electrons. The highest BCUT2D eigenvalue weighted by molar-refractivity contribution is 7.25. The quantitative estimate of drug-likeness (QED) is 0.167. The summed E-state index contributed by atoms with van der Waals surface area (Å²) in [5.41, 5.74) is 14.2. The Morgan fingerprint density at radius 2 is 1.00 bits per heavy atom. The van der Waals surface area contributed by atoms with E-state index in [1.54, 1.807) is 0 Å². The molecule has 0 radical (unpaired) electrons. The Hall–Kier alpha value is -8.38. The van der Waals surface area contributed by atoms with Gasteiger partial charge in [0.25, 0.3) is 0 Å². The van der Waals surface area contributed by atoms with E-state index in [1.165, 1.54) is 36.5 Å². The first-order valence-electron chi connectivity index (χ1n) is 22.0. The number of thiophene rings is 1. The highest BCUT2D eigenvalue weighted by Gasteiger charge is 2.25. The summed E-state index contributed by atoms with van der Waals surface area (Å²) >= 11 is 1.85. The number of rotatable bonds is 6. The van der Waals surface area contributed by atoms with Gasteiger partial charge in [0.15, 0.2) is 0 Å². The third-order valence-electron chi connectivity index (χ3n) is 13.2. The van der Waals surface area contributed by atoms with Crippen LogP contribution in [-0.2, 0) is 0 Å². The number of anilines is 3. The predicted octanol–water partition coefficient (Wildman–Crippen LogP) is 17.8. The normalized spacial score (nSPS) is 12.0. The van der Waals surface area contributed by atoms with Gasteiger partial charge in [-0.25, -0.2) is 0 Å².